The van der Waals surface area contributed by atoms with Gasteiger partial charge in [-0.3, -0.25) is 0 Å². The van der Waals surface area contributed by atoms with Gasteiger partial charge in [0.25, 0.3) is 0 Å². The van der Waals surface area contributed by atoms with Crippen LogP contribution in [0.1, 0.15) is 67.2 Å². The Morgan fingerprint density at radius 3 is 2.06 bits per heavy atom. The summed E-state index contributed by atoms with van der Waals surface area (Å²) in [6.07, 6.45) is 4.81. The van der Waals surface area contributed by atoms with Gasteiger partial charge in [-0.2, -0.15) is 0 Å². The normalized spacial score (nSPS) is 15.2. The van der Waals surface area contributed by atoms with Gasteiger partial charge in [0.1, 0.15) is 0 Å². The van der Waals surface area contributed by atoms with Crippen molar-refractivity contribution in [1.29, 1.82) is 0 Å². The number of unbranched alkanes of at least 4 members (excludes halogenated alkanes) is 1. The largest absolute Gasteiger partial charge is 0.328 e. The predicted molar refractivity (Wildman–Crippen MR) is 73.7 cm³/mol. The Balaban J connectivity index is 3.66. The maximum absolute atomic E-state index is 5.72. The molecule has 0 aromatic rings. The van der Waals surface area contributed by atoms with Gasteiger partial charge >= 0.3 is 0 Å². The molecule has 0 rings (SSSR count). The molecule has 0 spiro atoms. The minimum atomic E-state index is 0.243. The van der Waals surface area contributed by atoms with E-state index in [1.54, 1.807) is 0 Å². The molecule has 0 amide bonds. The Bertz CT molecular complexity index is 178. The van der Waals surface area contributed by atoms with Crippen LogP contribution in [0.2, 0.25) is 0 Å². The monoisotopic (exact) mass is 228 g/mol. The molecular weight excluding hydrogens is 196 g/mol. The summed E-state index contributed by atoms with van der Waals surface area (Å²) in [6.45, 7) is 14.7. The fourth-order valence-corrected chi connectivity index (χ4v) is 2.41. The van der Waals surface area contributed by atoms with Crippen molar-refractivity contribution < 1.29 is 0 Å². The smallest absolute Gasteiger partial charge is 0.0130 e. The highest BCUT2D eigenvalue weighted by Crippen LogP contribution is 2.26. The second-order valence-electron chi connectivity index (χ2n) is 7.02. The van der Waals surface area contributed by atoms with Crippen LogP contribution >= 0.6 is 0 Å². The summed E-state index contributed by atoms with van der Waals surface area (Å²) in [5.74, 6) is 0. The molecule has 0 saturated carbocycles. The molecule has 0 saturated heterocycles. The molecule has 0 heterocycles. The third-order valence-corrected chi connectivity index (χ3v) is 2.66. The Hall–Kier alpha value is -0.0800. The van der Waals surface area contributed by atoms with Gasteiger partial charge in [-0.05, 0) is 52.0 Å². The Morgan fingerprint density at radius 2 is 1.62 bits per heavy atom. The first-order valence-electron chi connectivity index (χ1n) is 6.63. The molecule has 0 aliphatic carbocycles. The Labute approximate surface area is 102 Å². The zero-order valence-electron chi connectivity index (χ0n) is 12.2. The summed E-state index contributed by atoms with van der Waals surface area (Å²) in [7, 11) is 0. The highest BCUT2D eigenvalue weighted by Gasteiger charge is 2.24. The average molecular weight is 228 g/mol. The summed E-state index contributed by atoms with van der Waals surface area (Å²) >= 11 is 0. The van der Waals surface area contributed by atoms with Crippen molar-refractivity contribution in [2.75, 3.05) is 6.54 Å². The van der Waals surface area contributed by atoms with E-state index in [9.17, 15) is 0 Å². The van der Waals surface area contributed by atoms with Gasteiger partial charge in [0.05, 0.1) is 0 Å². The number of nitrogens with one attached hydrogen (secondary N) is 1. The second-order valence-corrected chi connectivity index (χ2v) is 7.02. The van der Waals surface area contributed by atoms with E-state index in [2.05, 4.69) is 46.9 Å². The van der Waals surface area contributed by atoms with E-state index in [1.807, 2.05) is 0 Å². The molecule has 0 aromatic heterocycles. The van der Waals surface area contributed by atoms with Crippen molar-refractivity contribution in [3.63, 3.8) is 0 Å². The van der Waals surface area contributed by atoms with Crippen LogP contribution in [0.3, 0.4) is 0 Å². The summed E-state index contributed by atoms with van der Waals surface area (Å²) in [6, 6.07) is 0.350. The van der Waals surface area contributed by atoms with Gasteiger partial charge < -0.3 is 11.1 Å². The fraction of sp³-hybridized carbons (Fsp3) is 1.00. The van der Waals surface area contributed by atoms with E-state index < -0.39 is 0 Å². The van der Waals surface area contributed by atoms with Gasteiger partial charge in [0.2, 0.25) is 0 Å². The zero-order chi connectivity index (χ0) is 12.8. The van der Waals surface area contributed by atoms with Crippen LogP contribution in [-0.4, -0.2) is 18.1 Å². The SMILES string of the molecule is CC(N)CCCCNC(C)(C)CC(C)(C)C. The standard InChI is InChI=1S/C14H32N2/c1-12(15)9-7-8-10-16-14(5,6)11-13(2,3)4/h12,16H,7-11,15H2,1-6H3. The first-order chi connectivity index (χ1) is 7.12. The zero-order valence-corrected chi connectivity index (χ0v) is 12.2. The predicted octanol–water partition coefficient (Wildman–Crippen LogP) is 3.31. The van der Waals surface area contributed by atoms with Gasteiger partial charge in [-0.1, -0.05) is 27.2 Å². The highest BCUT2D eigenvalue weighted by atomic mass is 14.9. The first kappa shape index (κ1) is 15.9. The van der Waals surface area contributed by atoms with Crippen molar-refractivity contribution in [1.82, 2.24) is 5.32 Å². The Kier molecular flexibility index (Phi) is 6.57. The molecule has 1 unspecified atom stereocenters. The topological polar surface area (TPSA) is 38.0 Å². The van der Waals surface area contributed by atoms with Gasteiger partial charge in [0, 0.05) is 11.6 Å². The molecule has 0 aliphatic heterocycles. The average Bonchev–Trinajstić information content (AvgIpc) is 1.97. The van der Waals surface area contributed by atoms with Crippen LogP contribution in [0, 0.1) is 5.41 Å². The quantitative estimate of drug-likeness (QED) is 0.656. The summed E-state index contributed by atoms with van der Waals surface area (Å²) in [5, 5.41) is 3.65. The third-order valence-electron chi connectivity index (χ3n) is 2.66. The molecule has 0 aliphatic rings. The second kappa shape index (κ2) is 6.61. The number of nitrogens with two attached hydrogens (primary N) is 1. The molecule has 3 N–H and O–H groups in total. The highest BCUT2D eigenvalue weighted by molar-refractivity contribution is 4.82. The van der Waals surface area contributed by atoms with Crippen molar-refractivity contribution in [2.45, 2.75) is 78.8 Å². The van der Waals surface area contributed by atoms with Crippen LogP contribution < -0.4 is 11.1 Å². The molecule has 98 valence electrons. The lowest BCUT2D eigenvalue weighted by atomic mass is 9.82. The minimum Gasteiger partial charge on any atom is -0.328 e. The summed E-state index contributed by atoms with van der Waals surface area (Å²) < 4.78 is 0. The van der Waals surface area contributed by atoms with Crippen LogP contribution in [0.5, 0.6) is 0 Å². The van der Waals surface area contributed by atoms with Crippen molar-refractivity contribution in [3.05, 3.63) is 0 Å². The number of hydrogen-bond acceptors (Lipinski definition) is 2. The summed E-state index contributed by atoms with van der Waals surface area (Å²) in [4.78, 5) is 0. The van der Waals surface area contributed by atoms with Crippen molar-refractivity contribution >= 4 is 0 Å². The fourth-order valence-electron chi connectivity index (χ4n) is 2.41. The van der Waals surface area contributed by atoms with Crippen LogP contribution in [0.25, 0.3) is 0 Å². The number of rotatable bonds is 7. The van der Waals surface area contributed by atoms with E-state index >= 15 is 0 Å². The van der Waals surface area contributed by atoms with E-state index in [0.29, 0.717) is 11.5 Å². The van der Waals surface area contributed by atoms with E-state index in [1.165, 1.54) is 19.3 Å². The molecule has 2 heteroatoms. The third kappa shape index (κ3) is 10.4. The van der Waals surface area contributed by atoms with Crippen LogP contribution in [-0.2, 0) is 0 Å². The van der Waals surface area contributed by atoms with Crippen molar-refractivity contribution in [2.24, 2.45) is 11.1 Å². The molecule has 0 radical (unpaired) electrons. The Morgan fingerprint density at radius 1 is 1.06 bits per heavy atom. The molecule has 0 aromatic carbocycles. The molecule has 0 fully saturated rings. The molecule has 1 atom stereocenters. The van der Waals surface area contributed by atoms with E-state index in [4.69, 9.17) is 5.73 Å². The molecule has 2 nitrogen and oxygen atoms in total. The molecule has 16 heavy (non-hydrogen) atoms. The first-order valence-corrected chi connectivity index (χ1v) is 6.63. The molecular formula is C14H32N2. The summed E-state index contributed by atoms with van der Waals surface area (Å²) in [5.41, 5.74) is 6.36. The minimum absolute atomic E-state index is 0.243. The van der Waals surface area contributed by atoms with Gasteiger partial charge in [-0.15, -0.1) is 0 Å². The lowest BCUT2D eigenvalue weighted by Crippen LogP contribution is -2.42. The van der Waals surface area contributed by atoms with E-state index in [-0.39, 0.29) is 5.54 Å². The van der Waals surface area contributed by atoms with Crippen LogP contribution in [0.15, 0.2) is 0 Å². The maximum atomic E-state index is 5.72. The van der Waals surface area contributed by atoms with E-state index in [0.717, 1.165) is 13.0 Å². The number of hydrogen-bond donors (Lipinski definition) is 2. The lowest BCUT2D eigenvalue weighted by molar-refractivity contribution is 0.241. The van der Waals surface area contributed by atoms with Gasteiger partial charge in [0.15, 0.2) is 0 Å². The molecule has 0 bridgehead atoms. The van der Waals surface area contributed by atoms with Crippen LogP contribution in [0.4, 0.5) is 0 Å². The van der Waals surface area contributed by atoms with Crippen molar-refractivity contribution in [3.8, 4) is 0 Å². The maximum Gasteiger partial charge on any atom is 0.0130 e. The lowest BCUT2D eigenvalue weighted by Gasteiger charge is -2.33. The van der Waals surface area contributed by atoms with Gasteiger partial charge in [-0.25, -0.2) is 0 Å².